The molecular weight excluding hydrogens is 358 g/mol. The lowest BCUT2D eigenvalue weighted by Crippen LogP contribution is -2.23. The van der Waals surface area contributed by atoms with Crippen molar-refractivity contribution in [2.45, 2.75) is 20.4 Å². The van der Waals surface area contributed by atoms with Crippen LogP contribution in [0.3, 0.4) is 0 Å². The molecule has 3 aromatic rings. The van der Waals surface area contributed by atoms with Crippen LogP contribution in [0.15, 0.2) is 67.0 Å². The third-order valence-corrected chi connectivity index (χ3v) is 4.79. The minimum Gasteiger partial charge on any atom is -0.366 e. The maximum Gasteiger partial charge on any atom is 0.257 e. The van der Waals surface area contributed by atoms with Crippen LogP contribution in [-0.4, -0.2) is 17.4 Å². The van der Waals surface area contributed by atoms with Crippen molar-refractivity contribution in [2.24, 2.45) is 0 Å². The first-order valence-corrected chi connectivity index (χ1v) is 9.26. The Balaban J connectivity index is 1.77. The summed E-state index contributed by atoms with van der Waals surface area (Å²) in [6.07, 6.45) is 3.36. The van der Waals surface area contributed by atoms with E-state index in [2.05, 4.69) is 34.3 Å². The number of aromatic nitrogens is 1. The van der Waals surface area contributed by atoms with Crippen molar-refractivity contribution in [3.8, 4) is 0 Å². The Hall–Kier alpha value is -2.85. The number of carbonyl (C=O) groups excluding carboxylic acids is 1. The van der Waals surface area contributed by atoms with Gasteiger partial charge in [-0.3, -0.25) is 9.78 Å². The summed E-state index contributed by atoms with van der Waals surface area (Å²) in [6.45, 7) is 5.59. The van der Waals surface area contributed by atoms with Gasteiger partial charge >= 0.3 is 0 Å². The Morgan fingerprint density at radius 2 is 1.89 bits per heavy atom. The predicted octanol–water partition coefficient (Wildman–Crippen LogP) is 5.32. The lowest BCUT2D eigenvalue weighted by atomic mass is 10.2. The molecule has 0 saturated carbocycles. The highest BCUT2D eigenvalue weighted by Gasteiger charge is 2.12. The zero-order valence-electron chi connectivity index (χ0n) is 15.4. The second-order valence-corrected chi connectivity index (χ2v) is 6.76. The first-order valence-electron chi connectivity index (χ1n) is 8.88. The van der Waals surface area contributed by atoms with Gasteiger partial charge in [-0.25, -0.2) is 0 Å². The Kier molecular flexibility index (Phi) is 6.09. The Morgan fingerprint density at radius 1 is 1.11 bits per heavy atom. The number of hydrogen-bond donors (Lipinski definition) is 1. The van der Waals surface area contributed by atoms with Gasteiger partial charge in [0.15, 0.2) is 0 Å². The summed E-state index contributed by atoms with van der Waals surface area (Å²) in [7, 11) is 0. The lowest BCUT2D eigenvalue weighted by Gasteiger charge is -2.23. The van der Waals surface area contributed by atoms with Gasteiger partial charge in [-0.05, 0) is 43.2 Å². The van der Waals surface area contributed by atoms with Crippen molar-refractivity contribution in [1.82, 2.24) is 4.98 Å². The van der Waals surface area contributed by atoms with Crippen LogP contribution >= 0.6 is 11.6 Å². The number of carbonyl (C=O) groups is 1. The number of hydrogen-bond acceptors (Lipinski definition) is 3. The summed E-state index contributed by atoms with van der Waals surface area (Å²) in [5.74, 6) is -0.208. The molecule has 0 spiro atoms. The number of benzene rings is 2. The molecule has 0 unspecified atom stereocenters. The van der Waals surface area contributed by atoms with Crippen molar-refractivity contribution in [3.05, 3.63) is 88.7 Å². The SMILES string of the molecule is CCN(Cc1ccccc1)c1cncc(C(=O)Nc2ccc(C)c(Cl)c2)c1. The van der Waals surface area contributed by atoms with E-state index in [9.17, 15) is 4.79 Å². The molecule has 5 heteroatoms. The van der Waals surface area contributed by atoms with Crippen molar-refractivity contribution in [2.75, 3.05) is 16.8 Å². The standard InChI is InChI=1S/C22H22ClN3O/c1-3-26(15-17-7-5-4-6-8-17)20-11-18(13-24-14-20)22(27)25-19-10-9-16(2)21(23)12-19/h4-14H,3,15H2,1-2H3,(H,25,27). The maximum atomic E-state index is 12.6. The van der Waals surface area contributed by atoms with Gasteiger partial charge < -0.3 is 10.2 Å². The molecule has 0 bridgehead atoms. The van der Waals surface area contributed by atoms with Gasteiger partial charge in [-0.1, -0.05) is 48.0 Å². The number of anilines is 2. The number of rotatable bonds is 6. The number of amides is 1. The van der Waals surface area contributed by atoms with Crippen molar-refractivity contribution in [1.29, 1.82) is 0 Å². The molecule has 0 radical (unpaired) electrons. The zero-order chi connectivity index (χ0) is 19.2. The van der Waals surface area contributed by atoms with Gasteiger partial charge in [-0.15, -0.1) is 0 Å². The number of nitrogens with zero attached hydrogens (tertiary/aromatic N) is 2. The fourth-order valence-electron chi connectivity index (χ4n) is 2.79. The highest BCUT2D eigenvalue weighted by Crippen LogP contribution is 2.22. The van der Waals surface area contributed by atoms with Crippen molar-refractivity contribution in [3.63, 3.8) is 0 Å². The Bertz CT molecular complexity index is 928. The molecule has 0 saturated heterocycles. The summed E-state index contributed by atoms with van der Waals surface area (Å²) >= 11 is 6.14. The van der Waals surface area contributed by atoms with Crippen molar-refractivity contribution >= 4 is 28.9 Å². The highest BCUT2D eigenvalue weighted by atomic mass is 35.5. The molecule has 1 heterocycles. The van der Waals surface area contributed by atoms with Gasteiger partial charge in [0.25, 0.3) is 5.91 Å². The molecule has 1 N–H and O–H groups in total. The zero-order valence-corrected chi connectivity index (χ0v) is 16.2. The van der Waals surface area contributed by atoms with E-state index < -0.39 is 0 Å². The highest BCUT2D eigenvalue weighted by molar-refractivity contribution is 6.31. The van der Waals surface area contributed by atoms with E-state index in [1.807, 2.05) is 43.3 Å². The van der Waals surface area contributed by atoms with Crippen LogP contribution in [0.5, 0.6) is 0 Å². The Morgan fingerprint density at radius 3 is 2.59 bits per heavy atom. The fourth-order valence-corrected chi connectivity index (χ4v) is 2.97. The normalized spacial score (nSPS) is 10.5. The van der Waals surface area contributed by atoms with E-state index in [1.165, 1.54) is 5.56 Å². The van der Waals surface area contributed by atoms with Gasteiger partial charge in [-0.2, -0.15) is 0 Å². The molecule has 3 rings (SSSR count). The van der Waals surface area contributed by atoms with Gasteiger partial charge in [0.2, 0.25) is 0 Å². The smallest absolute Gasteiger partial charge is 0.257 e. The molecule has 0 fully saturated rings. The fraction of sp³-hybridized carbons (Fsp3) is 0.182. The van der Waals surface area contributed by atoms with E-state index in [1.54, 1.807) is 18.5 Å². The number of aryl methyl sites for hydroxylation is 1. The third kappa shape index (κ3) is 4.86. The number of pyridine rings is 1. The van der Waals surface area contributed by atoms with Crippen LogP contribution < -0.4 is 10.2 Å². The molecule has 1 amide bonds. The third-order valence-electron chi connectivity index (χ3n) is 4.38. The second-order valence-electron chi connectivity index (χ2n) is 6.35. The molecule has 0 aliphatic carbocycles. The second kappa shape index (κ2) is 8.69. The van der Waals surface area contributed by atoms with Crippen LogP contribution in [-0.2, 0) is 6.54 Å². The Labute approximate surface area is 164 Å². The molecular formula is C22H22ClN3O. The minimum atomic E-state index is -0.208. The molecule has 138 valence electrons. The van der Waals surface area contributed by atoms with E-state index in [0.29, 0.717) is 16.3 Å². The van der Waals surface area contributed by atoms with E-state index in [4.69, 9.17) is 11.6 Å². The first kappa shape index (κ1) is 18.9. The van der Waals surface area contributed by atoms with E-state index in [-0.39, 0.29) is 5.91 Å². The molecule has 0 aliphatic rings. The van der Waals surface area contributed by atoms with Crippen LogP contribution in [0.1, 0.15) is 28.4 Å². The topological polar surface area (TPSA) is 45.2 Å². The van der Waals surface area contributed by atoms with Gasteiger partial charge in [0, 0.05) is 30.0 Å². The molecule has 4 nitrogen and oxygen atoms in total. The van der Waals surface area contributed by atoms with Crippen LogP contribution in [0.4, 0.5) is 11.4 Å². The van der Waals surface area contributed by atoms with Gasteiger partial charge in [0.05, 0.1) is 17.4 Å². The average molecular weight is 380 g/mol. The van der Waals surface area contributed by atoms with Crippen LogP contribution in [0.2, 0.25) is 5.02 Å². The molecule has 0 aliphatic heterocycles. The molecule has 2 aromatic carbocycles. The largest absolute Gasteiger partial charge is 0.366 e. The summed E-state index contributed by atoms with van der Waals surface area (Å²) in [4.78, 5) is 19.1. The molecule has 0 atom stereocenters. The van der Waals surface area contributed by atoms with Crippen LogP contribution in [0, 0.1) is 6.92 Å². The van der Waals surface area contributed by atoms with Gasteiger partial charge in [0.1, 0.15) is 0 Å². The van der Waals surface area contributed by atoms with E-state index >= 15 is 0 Å². The van der Waals surface area contributed by atoms with E-state index in [0.717, 1.165) is 24.3 Å². The summed E-state index contributed by atoms with van der Waals surface area (Å²) in [5, 5.41) is 3.50. The van der Waals surface area contributed by atoms with Crippen molar-refractivity contribution < 1.29 is 4.79 Å². The number of nitrogens with one attached hydrogen (secondary N) is 1. The first-order chi connectivity index (χ1) is 13.1. The summed E-state index contributed by atoms with van der Waals surface area (Å²) in [6, 6.07) is 17.6. The summed E-state index contributed by atoms with van der Waals surface area (Å²) < 4.78 is 0. The predicted molar refractivity (Wildman–Crippen MR) is 112 cm³/mol. The quantitative estimate of drug-likeness (QED) is 0.630. The summed E-state index contributed by atoms with van der Waals surface area (Å²) in [5.41, 5.74) is 4.27. The van der Waals surface area contributed by atoms with Crippen LogP contribution in [0.25, 0.3) is 0 Å². The minimum absolute atomic E-state index is 0.208. The monoisotopic (exact) mass is 379 g/mol. The molecule has 27 heavy (non-hydrogen) atoms. The number of halogens is 1. The average Bonchev–Trinajstić information content (AvgIpc) is 2.70. The molecule has 1 aromatic heterocycles. The maximum absolute atomic E-state index is 12.6. The lowest BCUT2D eigenvalue weighted by molar-refractivity contribution is 0.102.